The number of aryl methyl sites for hydroxylation is 1. The average molecular weight is 243 g/mol. The molecular formula is C11H15BrO. The molecule has 0 radical (unpaired) electrons. The zero-order chi connectivity index (χ0) is 9.52. The Labute approximate surface area is 88.2 Å². The number of para-hydroxylation sites is 1. The second kappa shape index (κ2) is 6.03. The predicted octanol–water partition coefficient (Wildman–Crippen LogP) is 3.41. The first-order valence-electron chi connectivity index (χ1n) is 4.65. The molecule has 0 saturated heterocycles. The van der Waals surface area contributed by atoms with Crippen LogP contribution >= 0.6 is 15.9 Å². The van der Waals surface area contributed by atoms with E-state index < -0.39 is 0 Å². The van der Waals surface area contributed by atoms with Crippen LogP contribution in [0.1, 0.15) is 18.9 Å². The smallest absolute Gasteiger partial charge is 0.122 e. The zero-order valence-corrected chi connectivity index (χ0v) is 9.51. The van der Waals surface area contributed by atoms with Crippen molar-refractivity contribution in [3.8, 4) is 5.75 Å². The summed E-state index contributed by atoms with van der Waals surface area (Å²) < 4.78 is 5.64. The monoisotopic (exact) mass is 242 g/mol. The van der Waals surface area contributed by atoms with Gasteiger partial charge in [0.05, 0.1) is 6.61 Å². The van der Waals surface area contributed by atoms with Crippen molar-refractivity contribution < 1.29 is 4.74 Å². The highest BCUT2D eigenvalue weighted by Gasteiger charge is 1.98. The number of alkyl halides is 1. The summed E-state index contributed by atoms with van der Waals surface area (Å²) >= 11 is 3.38. The van der Waals surface area contributed by atoms with E-state index in [0.717, 1.165) is 30.5 Å². The largest absolute Gasteiger partial charge is 0.493 e. The molecule has 0 aliphatic heterocycles. The van der Waals surface area contributed by atoms with Crippen molar-refractivity contribution in [2.75, 3.05) is 11.9 Å². The van der Waals surface area contributed by atoms with Crippen LogP contribution in [0.25, 0.3) is 0 Å². The molecule has 0 unspecified atom stereocenters. The van der Waals surface area contributed by atoms with E-state index in [4.69, 9.17) is 4.74 Å². The lowest BCUT2D eigenvalue weighted by atomic mass is 10.1. The Hall–Kier alpha value is -0.500. The van der Waals surface area contributed by atoms with Crippen LogP contribution in [0, 0.1) is 0 Å². The van der Waals surface area contributed by atoms with Gasteiger partial charge >= 0.3 is 0 Å². The molecule has 0 N–H and O–H groups in total. The van der Waals surface area contributed by atoms with Crippen LogP contribution in [0.2, 0.25) is 0 Å². The summed E-state index contributed by atoms with van der Waals surface area (Å²) in [4.78, 5) is 0. The molecule has 0 aromatic heterocycles. The maximum atomic E-state index is 5.64. The first-order valence-corrected chi connectivity index (χ1v) is 5.77. The molecule has 0 amide bonds. The van der Waals surface area contributed by atoms with Gasteiger partial charge in [0.1, 0.15) is 5.75 Å². The van der Waals surface area contributed by atoms with Gasteiger partial charge in [-0.25, -0.2) is 0 Å². The lowest BCUT2D eigenvalue weighted by Gasteiger charge is -2.08. The fourth-order valence-electron chi connectivity index (χ4n) is 1.17. The van der Waals surface area contributed by atoms with Crippen molar-refractivity contribution in [1.29, 1.82) is 0 Å². The number of ether oxygens (including phenoxy) is 1. The Balaban J connectivity index is 2.54. The molecule has 0 atom stereocenters. The Morgan fingerprint density at radius 2 is 2.08 bits per heavy atom. The van der Waals surface area contributed by atoms with Gasteiger partial charge in [0.2, 0.25) is 0 Å². The van der Waals surface area contributed by atoms with Crippen molar-refractivity contribution in [2.45, 2.75) is 19.8 Å². The van der Waals surface area contributed by atoms with E-state index in [1.807, 2.05) is 12.1 Å². The van der Waals surface area contributed by atoms with Crippen LogP contribution in [-0.2, 0) is 6.42 Å². The maximum absolute atomic E-state index is 5.64. The van der Waals surface area contributed by atoms with E-state index in [-0.39, 0.29) is 0 Å². The third kappa shape index (κ3) is 3.39. The molecule has 1 rings (SSSR count). The van der Waals surface area contributed by atoms with Gasteiger partial charge < -0.3 is 4.74 Å². The standard InChI is InChI=1S/C11H15BrO/c1-2-10-6-3-4-7-11(10)13-9-5-8-12/h3-4,6-7H,2,5,8-9H2,1H3. The number of rotatable bonds is 5. The number of benzene rings is 1. The SMILES string of the molecule is CCc1ccccc1OCCCBr. The maximum Gasteiger partial charge on any atom is 0.122 e. The van der Waals surface area contributed by atoms with E-state index in [0.29, 0.717) is 0 Å². The summed E-state index contributed by atoms with van der Waals surface area (Å²) in [5, 5.41) is 1.00. The molecule has 2 heteroatoms. The summed E-state index contributed by atoms with van der Waals surface area (Å²) in [5.74, 6) is 1.03. The summed E-state index contributed by atoms with van der Waals surface area (Å²) in [6.45, 7) is 2.94. The molecule has 1 aromatic rings. The van der Waals surface area contributed by atoms with Gasteiger partial charge in [-0.3, -0.25) is 0 Å². The Morgan fingerprint density at radius 3 is 2.77 bits per heavy atom. The van der Waals surface area contributed by atoms with E-state index in [1.54, 1.807) is 0 Å². The minimum absolute atomic E-state index is 0.794. The summed E-state index contributed by atoms with van der Waals surface area (Å²) in [6.07, 6.45) is 2.09. The summed E-state index contributed by atoms with van der Waals surface area (Å²) in [6, 6.07) is 8.22. The molecule has 0 saturated carbocycles. The second-order valence-electron chi connectivity index (χ2n) is 2.85. The summed E-state index contributed by atoms with van der Waals surface area (Å²) in [7, 11) is 0. The first kappa shape index (κ1) is 10.6. The van der Waals surface area contributed by atoms with Crippen molar-refractivity contribution in [3.05, 3.63) is 29.8 Å². The van der Waals surface area contributed by atoms with Crippen LogP contribution in [0.15, 0.2) is 24.3 Å². The van der Waals surface area contributed by atoms with Gasteiger partial charge in [-0.05, 0) is 24.5 Å². The van der Waals surface area contributed by atoms with Crippen LogP contribution in [0.4, 0.5) is 0 Å². The third-order valence-corrected chi connectivity index (χ3v) is 2.45. The van der Waals surface area contributed by atoms with Crippen molar-refractivity contribution >= 4 is 15.9 Å². The van der Waals surface area contributed by atoms with Gasteiger partial charge in [0, 0.05) is 5.33 Å². The van der Waals surface area contributed by atoms with Crippen molar-refractivity contribution in [2.24, 2.45) is 0 Å². The van der Waals surface area contributed by atoms with Crippen LogP contribution < -0.4 is 4.74 Å². The highest BCUT2D eigenvalue weighted by molar-refractivity contribution is 9.09. The molecule has 13 heavy (non-hydrogen) atoms. The van der Waals surface area contributed by atoms with E-state index in [1.165, 1.54) is 5.56 Å². The minimum Gasteiger partial charge on any atom is -0.493 e. The highest BCUT2D eigenvalue weighted by atomic mass is 79.9. The quantitative estimate of drug-likeness (QED) is 0.568. The fraction of sp³-hybridized carbons (Fsp3) is 0.455. The number of halogens is 1. The molecule has 0 heterocycles. The molecule has 72 valence electrons. The number of hydrogen-bond acceptors (Lipinski definition) is 1. The molecule has 0 bridgehead atoms. The second-order valence-corrected chi connectivity index (χ2v) is 3.65. The molecule has 1 aromatic carbocycles. The Morgan fingerprint density at radius 1 is 1.31 bits per heavy atom. The predicted molar refractivity (Wildman–Crippen MR) is 59.7 cm³/mol. The molecular weight excluding hydrogens is 228 g/mol. The average Bonchev–Trinajstić information content (AvgIpc) is 2.19. The molecule has 0 aliphatic carbocycles. The number of hydrogen-bond donors (Lipinski definition) is 0. The van der Waals surface area contributed by atoms with Gasteiger partial charge in [-0.15, -0.1) is 0 Å². The fourth-order valence-corrected chi connectivity index (χ4v) is 1.40. The zero-order valence-electron chi connectivity index (χ0n) is 7.92. The van der Waals surface area contributed by atoms with Crippen LogP contribution in [0.5, 0.6) is 5.75 Å². The minimum atomic E-state index is 0.794. The van der Waals surface area contributed by atoms with Gasteiger partial charge in [-0.2, -0.15) is 0 Å². The third-order valence-electron chi connectivity index (χ3n) is 1.89. The van der Waals surface area contributed by atoms with Crippen molar-refractivity contribution in [1.82, 2.24) is 0 Å². The molecule has 0 spiro atoms. The van der Waals surface area contributed by atoms with E-state index in [9.17, 15) is 0 Å². The lowest BCUT2D eigenvalue weighted by molar-refractivity contribution is 0.316. The Kier molecular flexibility index (Phi) is 4.91. The lowest BCUT2D eigenvalue weighted by Crippen LogP contribution is -1.99. The first-order chi connectivity index (χ1) is 6.38. The van der Waals surface area contributed by atoms with Crippen LogP contribution in [0.3, 0.4) is 0 Å². The van der Waals surface area contributed by atoms with Crippen molar-refractivity contribution in [3.63, 3.8) is 0 Å². The van der Waals surface area contributed by atoms with Gasteiger partial charge in [0.15, 0.2) is 0 Å². The van der Waals surface area contributed by atoms with Crippen LogP contribution in [-0.4, -0.2) is 11.9 Å². The normalized spacial score (nSPS) is 10.0. The Bertz CT molecular complexity index is 248. The molecule has 0 fully saturated rings. The van der Waals surface area contributed by atoms with Gasteiger partial charge in [0.25, 0.3) is 0 Å². The van der Waals surface area contributed by atoms with E-state index in [2.05, 4.69) is 35.0 Å². The van der Waals surface area contributed by atoms with Gasteiger partial charge in [-0.1, -0.05) is 41.1 Å². The molecule has 0 aliphatic rings. The van der Waals surface area contributed by atoms with E-state index >= 15 is 0 Å². The topological polar surface area (TPSA) is 9.23 Å². The highest BCUT2D eigenvalue weighted by Crippen LogP contribution is 2.18. The molecule has 1 nitrogen and oxygen atoms in total. The summed E-state index contributed by atoms with van der Waals surface area (Å²) in [5.41, 5.74) is 1.29.